The number of ether oxygens (including phenoxy) is 1. The van der Waals surface area contributed by atoms with Crippen molar-refractivity contribution in [3.8, 4) is 0 Å². The summed E-state index contributed by atoms with van der Waals surface area (Å²) in [6, 6.07) is 0. The first kappa shape index (κ1) is 19.9. The quantitative estimate of drug-likeness (QED) is 0.556. The molecular formula is C16H34N2O3S. The standard InChI is InChI=1S/C16H34N2O3S/c1-4-18(5-2)12-8-11-17-22(19,20)14-15(3)13-21-16-9-6-7-10-16/h15-17H,4-14H2,1-3H3/t15-/m0/s1. The highest BCUT2D eigenvalue weighted by atomic mass is 32.2. The van der Waals surface area contributed by atoms with E-state index in [2.05, 4.69) is 23.5 Å². The fourth-order valence-corrected chi connectivity index (χ4v) is 4.33. The van der Waals surface area contributed by atoms with Gasteiger partial charge in [0.15, 0.2) is 0 Å². The molecule has 0 aromatic carbocycles. The zero-order valence-electron chi connectivity index (χ0n) is 14.5. The van der Waals surface area contributed by atoms with Crippen LogP contribution in [0.15, 0.2) is 0 Å². The summed E-state index contributed by atoms with van der Waals surface area (Å²) in [6.07, 6.45) is 5.95. The monoisotopic (exact) mass is 334 g/mol. The van der Waals surface area contributed by atoms with Crippen molar-refractivity contribution in [1.29, 1.82) is 0 Å². The predicted octanol–water partition coefficient (Wildman–Crippen LogP) is 2.23. The van der Waals surface area contributed by atoms with Crippen LogP contribution in [-0.2, 0) is 14.8 Å². The van der Waals surface area contributed by atoms with Gasteiger partial charge in [0, 0.05) is 6.54 Å². The maximum Gasteiger partial charge on any atom is 0.211 e. The third-order valence-electron chi connectivity index (χ3n) is 4.29. The van der Waals surface area contributed by atoms with Gasteiger partial charge in [-0.15, -0.1) is 0 Å². The van der Waals surface area contributed by atoms with Crippen LogP contribution in [0.5, 0.6) is 0 Å². The van der Waals surface area contributed by atoms with Crippen LogP contribution in [0.4, 0.5) is 0 Å². The Morgan fingerprint density at radius 3 is 2.45 bits per heavy atom. The summed E-state index contributed by atoms with van der Waals surface area (Å²) in [4.78, 5) is 2.30. The molecule has 1 N–H and O–H groups in total. The van der Waals surface area contributed by atoms with Crippen LogP contribution in [-0.4, -0.2) is 58.0 Å². The summed E-state index contributed by atoms with van der Waals surface area (Å²) < 4.78 is 32.6. The van der Waals surface area contributed by atoms with Gasteiger partial charge < -0.3 is 9.64 Å². The van der Waals surface area contributed by atoms with Gasteiger partial charge in [-0.1, -0.05) is 33.6 Å². The van der Waals surface area contributed by atoms with E-state index < -0.39 is 10.0 Å². The molecule has 0 saturated heterocycles. The normalized spacial score (nSPS) is 18.2. The van der Waals surface area contributed by atoms with E-state index in [4.69, 9.17) is 4.74 Å². The average molecular weight is 335 g/mol. The number of nitrogens with zero attached hydrogens (tertiary/aromatic N) is 1. The van der Waals surface area contributed by atoms with Crippen LogP contribution in [0, 0.1) is 5.92 Å². The third-order valence-corrected chi connectivity index (χ3v) is 5.94. The van der Waals surface area contributed by atoms with Gasteiger partial charge in [0.1, 0.15) is 0 Å². The maximum atomic E-state index is 12.0. The summed E-state index contributed by atoms with van der Waals surface area (Å²) in [5, 5.41) is 0. The van der Waals surface area contributed by atoms with E-state index in [-0.39, 0.29) is 11.7 Å². The molecule has 1 aliphatic carbocycles. The molecule has 0 aliphatic heterocycles. The highest BCUT2D eigenvalue weighted by Crippen LogP contribution is 2.21. The zero-order chi connectivity index (χ0) is 16.4. The molecule has 0 aromatic rings. The molecule has 0 unspecified atom stereocenters. The summed E-state index contributed by atoms with van der Waals surface area (Å²) in [5.41, 5.74) is 0. The lowest BCUT2D eigenvalue weighted by Gasteiger charge is -2.18. The van der Waals surface area contributed by atoms with Crippen LogP contribution in [0.1, 0.15) is 52.9 Å². The number of hydrogen-bond acceptors (Lipinski definition) is 4. The molecule has 1 rings (SSSR count). The topological polar surface area (TPSA) is 58.6 Å². The van der Waals surface area contributed by atoms with Crippen LogP contribution in [0.3, 0.4) is 0 Å². The van der Waals surface area contributed by atoms with Crippen LogP contribution < -0.4 is 4.72 Å². The third kappa shape index (κ3) is 8.46. The summed E-state index contributed by atoms with van der Waals surface area (Å²) in [7, 11) is -3.19. The van der Waals surface area contributed by atoms with E-state index in [1.165, 1.54) is 12.8 Å². The SMILES string of the molecule is CCN(CC)CCCNS(=O)(=O)C[C@@H](C)COC1CCCC1. The molecule has 0 bridgehead atoms. The lowest BCUT2D eigenvalue weighted by Crippen LogP contribution is -2.33. The first-order chi connectivity index (χ1) is 10.5. The molecule has 0 radical (unpaired) electrons. The molecule has 0 heterocycles. The maximum absolute atomic E-state index is 12.0. The van der Waals surface area contributed by atoms with Crippen molar-refractivity contribution < 1.29 is 13.2 Å². The summed E-state index contributed by atoms with van der Waals surface area (Å²) in [6.45, 7) is 10.2. The van der Waals surface area contributed by atoms with Gasteiger partial charge in [-0.05, 0) is 44.8 Å². The minimum Gasteiger partial charge on any atom is -0.378 e. The molecule has 0 aromatic heterocycles. The summed E-state index contributed by atoms with van der Waals surface area (Å²) in [5.74, 6) is 0.200. The molecule has 1 aliphatic rings. The van der Waals surface area contributed by atoms with Crippen LogP contribution >= 0.6 is 0 Å². The van der Waals surface area contributed by atoms with E-state index in [9.17, 15) is 8.42 Å². The first-order valence-electron chi connectivity index (χ1n) is 8.78. The van der Waals surface area contributed by atoms with Gasteiger partial charge in [-0.2, -0.15) is 0 Å². The van der Waals surface area contributed by atoms with Crippen molar-refractivity contribution in [3.63, 3.8) is 0 Å². The Labute approximate surface area is 136 Å². The van der Waals surface area contributed by atoms with Crippen molar-refractivity contribution >= 4 is 10.0 Å². The van der Waals surface area contributed by atoms with Crippen molar-refractivity contribution in [2.75, 3.05) is 38.5 Å². The number of rotatable bonds is 12. The van der Waals surface area contributed by atoms with E-state index >= 15 is 0 Å². The van der Waals surface area contributed by atoms with Crippen LogP contribution in [0.25, 0.3) is 0 Å². The van der Waals surface area contributed by atoms with E-state index in [0.29, 0.717) is 19.3 Å². The lowest BCUT2D eigenvalue weighted by molar-refractivity contribution is 0.0412. The molecule has 0 spiro atoms. The van der Waals surface area contributed by atoms with E-state index in [0.717, 1.165) is 38.9 Å². The van der Waals surface area contributed by atoms with Gasteiger partial charge in [-0.25, -0.2) is 13.1 Å². The van der Waals surface area contributed by atoms with Crippen molar-refractivity contribution in [1.82, 2.24) is 9.62 Å². The zero-order valence-corrected chi connectivity index (χ0v) is 15.3. The number of nitrogens with one attached hydrogen (secondary N) is 1. The lowest BCUT2D eigenvalue weighted by atomic mass is 10.2. The minimum atomic E-state index is -3.19. The first-order valence-corrected chi connectivity index (χ1v) is 10.4. The molecule has 22 heavy (non-hydrogen) atoms. The molecule has 6 heteroatoms. The highest BCUT2D eigenvalue weighted by Gasteiger charge is 2.19. The second-order valence-electron chi connectivity index (χ2n) is 6.40. The fraction of sp³-hybridized carbons (Fsp3) is 1.00. The smallest absolute Gasteiger partial charge is 0.211 e. The van der Waals surface area contributed by atoms with Crippen LogP contribution in [0.2, 0.25) is 0 Å². The van der Waals surface area contributed by atoms with Gasteiger partial charge in [0.05, 0.1) is 18.5 Å². The molecule has 0 amide bonds. The molecule has 1 fully saturated rings. The van der Waals surface area contributed by atoms with Crippen molar-refractivity contribution in [2.24, 2.45) is 5.92 Å². The molecule has 5 nitrogen and oxygen atoms in total. The summed E-state index contributed by atoms with van der Waals surface area (Å²) >= 11 is 0. The van der Waals surface area contributed by atoms with E-state index in [1.807, 2.05) is 6.92 Å². The Kier molecular flexibility index (Phi) is 9.55. The minimum absolute atomic E-state index is 0.0425. The Balaban J connectivity index is 2.16. The van der Waals surface area contributed by atoms with Gasteiger partial charge >= 0.3 is 0 Å². The number of hydrogen-bond donors (Lipinski definition) is 1. The van der Waals surface area contributed by atoms with Gasteiger partial charge in [0.25, 0.3) is 0 Å². The van der Waals surface area contributed by atoms with Gasteiger partial charge in [-0.3, -0.25) is 0 Å². The largest absolute Gasteiger partial charge is 0.378 e. The molecule has 1 saturated carbocycles. The van der Waals surface area contributed by atoms with Gasteiger partial charge in [0.2, 0.25) is 10.0 Å². The Hall–Kier alpha value is -0.170. The molecule has 1 atom stereocenters. The highest BCUT2D eigenvalue weighted by molar-refractivity contribution is 7.89. The van der Waals surface area contributed by atoms with E-state index in [1.54, 1.807) is 0 Å². The number of sulfonamides is 1. The Bertz CT molecular complexity index is 377. The fourth-order valence-electron chi connectivity index (χ4n) is 2.91. The average Bonchev–Trinajstić information content (AvgIpc) is 2.98. The second kappa shape index (κ2) is 10.6. The second-order valence-corrected chi connectivity index (χ2v) is 8.25. The van der Waals surface area contributed by atoms with Crippen molar-refractivity contribution in [3.05, 3.63) is 0 Å². The molecule has 132 valence electrons. The van der Waals surface area contributed by atoms with Crippen molar-refractivity contribution in [2.45, 2.75) is 59.0 Å². The predicted molar refractivity (Wildman–Crippen MR) is 91.6 cm³/mol. The molecular weight excluding hydrogens is 300 g/mol. The Morgan fingerprint density at radius 1 is 1.23 bits per heavy atom. The Morgan fingerprint density at radius 2 is 1.86 bits per heavy atom.